The van der Waals surface area contributed by atoms with Gasteiger partial charge in [0.05, 0.1) is 18.4 Å². The quantitative estimate of drug-likeness (QED) is 0.366. The molecule has 2 aliphatic carbocycles. The van der Waals surface area contributed by atoms with Gasteiger partial charge in [-0.05, 0) is 42.6 Å². The van der Waals surface area contributed by atoms with E-state index in [4.69, 9.17) is 22.1 Å². The van der Waals surface area contributed by atoms with E-state index in [9.17, 15) is 14.7 Å². The van der Waals surface area contributed by atoms with Gasteiger partial charge in [-0.1, -0.05) is 45.9 Å². The SMILES string of the molecule is CC[C@H](C)C(=O)OC1(S)C[C@@H](C)C=C2C=C[C@H](C)[C@@H](CCC3C[C@@H](O)CC(=O)O3)[C@H]21. The Labute approximate surface area is 185 Å². The third-order valence-corrected chi connectivity index (χ3v) is 7.53. The van der Waals surface area contributed by atoms with Crippen LogP contribution in [0.3, 0.4) is 0 Å². The van der Waals surface area contributed by atoms with E-state index < -0.39 is 11.0 Å². The second-order valence-electron chi connectivity index (χ2n) is 9.57. The summed E-state index contributed by atoms with van der Waals surface area (Å²) >= 11 is 5.01. The van der Waals surface area contributed by atoms with Gasteiger partial charge in [-0.15, -0.1) is 12.6 Å². The lowest BCUT2D eigenvalue weighted by atomic mass is 9.65. The van der Waals surface area contributed by atoms with Crippen LogP contribution < -0.4 is 0 Å². The Morgan fingerprint density at radius 3 is 2.80 bits per heavy atom. The maximum atomic E-state index is 12.7. The van der Waals surface area contributed by atoms with Gasteiger partial charge in [0.2, 0.25) is 0 Å². The van der Waals surface area contributed by atoms with Crippen LogP contribution in [0.1, 0.15) is 66.2 Å². The molecule has 0 aromatic heterocycles. The van der Waals surface area contributed by atoms with E-state index in [1.807, 2.05) is 13.8 Å². The molecule has 0 aromatic carbocycles. The van der Waals surface area contributed by atoms with E-state index in [-0.39, 0.29) is 48.1 Å². The zero-order chi connectivity index (χ0) is 22.1. The van der Waals surface area contributed by atoms with Crippen LogP contribution in [-0.2, 0) is 19.1 Å². The number of carbonyl (C=O) groups excluding carboxylic acids is 2. The Morgan fingerprint density at radius 1 is 1.40 bits per heavy atom. The topological polar surface area (TPSA) is 72.8 Å². The summed E-state index contributed by atoms with van der Waals surface area (Å²) in [5.41, 5.74) is 1.18. The number of aliphatic hydroxyl groups is 1. The predicted octanol–water partition coefficient (Wildman–Crippen LogP) is 4.45. The molecule has 0 radical (unpaired) electrons. The van der Waals surface area contributed by atoms with Gasteiger partial charge in [0, 0.05) is 18.8 Å². The highest BCUT2D eigenvalue weighted by Gasteiger charge is 2.50. The van der Waals surface area contributed by atoms with Crippen LogP contribution in [0.25, 0.3) is 0 Å². The van der Waals surface area contributed by atoms with Crippen LogP contribution in [-0.4, -0.2) is 34.2 Å². The third kappa shape index (κ3) is 5.13. The normalized spacial score (nSPS) is 39.5. The minimum absolute atomic E-state index is 0.00532. The lowest BCUT2D eigenvalue weighted by molar-refractivity contribution is -0.164. The summed E-state index contributed by atoms with van der Waals surface area (Å²) < 4.78 is 11.6. The highest BCUT2D eigenvalue weighted by Crippen LogP contribution is 2.52. The number of fused-ring (bicyclic) bond motifs is 1. The smallest absolute Gasteiger partial charge is 0.310 e. The van der Waals surface area contributed by atoms with Gasteiger partial charge in [0.15, 0.2) is 4.93 Å². The van der Waals surface area contributed by atoms with Crippen molar-refractivity contribution in [2.24, 2.45) is 29.6 Å². The van der Waals surface area contributed by atoms with Crippen molar-refractivity contribution in [3.63, 3.8) is 0 Å². The third-order valence-electron chi connectivity index (χ3n) is 6.98. The standard InChI is InChI=1S/C24H36O5S/c1-5-15(3)23(27)29-24(30)13-14(2)10-17-7-6-16(4)20(22(17)24)9-8-19-11-18(25)12-21(26)28-19/h6-7,10,14-16,18-20,22,25,30H,5,8-9,11-13H2,1-4H3/t14-,15-,16-,18+,19?,20+,22-,24?/m0/s1. The van der Waals surface area contributed by atoms with Gasteiger partial charge in [-0.2, -0.15) is 0 Å². The van der Waals surface area contributed by atoms with Crippen molar-refractivity contribution in [2.45, 2.75) is 83.4 Å². The highest BCUT2D eigenvalue weighted by atomic mass is 32.1. The molecule has 1 N–H and O–H groups in total. The fourth-order valence-electron chi connectivity index (χ4n) is 5.18. The summed E-state index contributed by atoms with van der Waals surface area (Å²) in [6.45, 7) is 8.20. The Kier molecular flexibility index (Phi) is 7.39. The predicted molar refractivity (Wildman–Crippen MR) is 119 cm³/mol. The minimum Gasteiger partial charge on any atom is -0.462 e. The molecule has 1 aliphatic heterocycles. The minimum atomic E-state index is -0.851. The first-order valence-corrected chi connectivity index (χ1v) is 11.8. The molecule has 30 heavy (non-hydrogen) atoms. The molecular weight excluding hydrogens is 400 g/mol. The number of aliphatic hydroxyl groups excluding tert-OH is 1. The molecular formula is C24H36O5S. The molecule has 5 nitrogen and oxygen atoms in total. The van der Waals surface area contributed by atoms with Crippen molar-refractivity contribution in [1.82, 2.24) is 0 Å². The second-order valence-corrected chi connectivity index (χ2v) is 10.3. The summed E-state index contributed by atoms with van der Waals surface area (Å²) in [6.07, 6.45) is 9.27. The number of hydrogen-bond acceptors (Lipinski definition) is 6. The zero-order valence-corrected chi connectivity index (χ0v) is 19.4. The molecule has 1 heterocycles. The molecule has 3 aliphatic rings. The van der Waals surface area contributed by atoms with Crippen molar-refractivity contribution >= 4 is 24.6 Å². The van der Waals surface area contributed by atoms with Gasteiger partial charge < -0.3 is 14.6 Å². The van der Waals surface area contributed by atoms with Crippen LogP contribution in [0, 0.1) is 29.6 Å². The van der Waals surface area contributed by atoms with Crippen LogP contribution >= 0.6 is 12.6 Å². The number of esters is 2. The monoisotopic (exact) mass is 436 g/mol. The highest BCUT2D eigenvalue weighted by molar-refractivity contribution is 7.81. The first-order chi connectivity index (χ1) is 14.1. The van der Waals surface area contributed by atoms with E-state index in [1.54, 1.807) is 0 Å². The van der Waals surface area contributed by atoms with E-state index >= 15 is 0 Å². The van der Waals surface area contributed by atoms with E-state index in [0.29, 0.717) is 25.2 Å². The first kappa shape index (κ1) is 23.4. The van der Waals surface area contributed by atoms with Gasteiger partial charge in [-0.3, -0.25) is 9.59 Å². The second kappa shape index (κ2) is 9.47. The largest absolute Gasteiger partial charge is 0.462 e. The summed E-state index contributed by atoms with van der Waals surface area (Å²) in [5, 5.41) is 9.92. The van der Waals surface area contributed by atoms with Gasteiger partial charge >= 0.3 is 11.9 Å². The van der Waals surface area contributed by atoms with Gasteiger partial charge in [0.1, 0.15) is 6.10 Å². The number of thiol groups is 1. The van der Waals surface area contributed by atoms with Gasteiger partial charge in [-0.25, -0.2) is 0 Å². The Hall–Kier alpha value is -1.27. The fourth-order valence-corrected chi connectivity index (χ4v) is 5.90. The number of hydrogen-bond donors (Lipinski definition) is 2. The van der Waals surface area contributed by atoms with Crippen LogP contribution in [0.4, 0.5) is 0 Å². The molecule has 1 saturated heterocycles. The van der Waals surface area contributed by atoms with Crippen molar-refractivity contribution in [2.75, 3.05) is 0 Å². The maximum Gasteiger partial charge on any atom is 0.310 e. The van der Waals surface area contributed by atoms with Crippen LogP contribution in [0.15, 0.2) is 23.8 Å². The van der Waals surface area contributed by atoms with E-state index in [0.717, 1.165) is 12.8 Å². The van der Waals surface area contributed by atoms with Crippen molar-refractivity contribution < 1.29 is 24.2 Å². The Bertz CT molecular complexity index is 716. The molecule has 0 bridgehead atoms. The molecule has 2 unspecified atom stereocenters. The molecule has 6 heteroatoms. The molecule has 8 atom stereocenters. The average molecular weight is 437 g/mol. The molecule has 1 fully saturated rings. The summed E-state index contributed by atoms with van der Waals surface area (Å²) in [5.74, 6) is 0.102. The Balaban J connectivity index is 1.81. The summed E-state index contributed by atoms with van der Waals surface area (Å²) in [4.78, 5) is 23.6. The number of allylic oxidation sites excluding steroid dienone is 3. The summed E-state index contributed by atoms with van der Waals surface area (Å²) in [6, 6.07) is 0. The molecule has 168 valence electrons. The molecule has 0 spiro atoms. The lowest BCUT2D eigenvalue weighted by Crippen LogP contribution is -2.48. The summed E-state index contributed by atoms with van der Waals surface area (Å²) in [7, 11) is 0. The lowest BCUT2D eigenvalue weighted by Gasteiger charge is -2.49. The fraction of sp³-hybridized carbons (Fsp3) is 0.750. The number of carbonyl (C=O) groups is 2. The molecule has 0 amide bonds. The first-order valence-electron chi connectivity index (χ1n) is 11.4. The van der Waals surface area contributed by atoms with Crippen LogP contribution in [0.2, 0.25) is 0 Å². The van der Waals surface area contributed by atoms with Crippen molar-refractivity contribution in [3.05, 3.63) is 23.8 Å². The molecule has 0 aromatic rings. The average Bonchev–Trinajstić information content (AvgIpc) is 2.65. The maximum absolute atomic E-state index is 12.7. The van der Waals surface area contributed by atoms with Crippen molar-refractivity contribution in [1.29, 1.82) is 0 Å². The molecule has 3 rings (SSSR count). The van der Waals surface area contributed by atoms with Gasteiger partial charge in [0.25, 0.3) is 0 Å². The zero-order valence-electron chi connectivity index (χ0n) is 18.5. The number of ether oxygens (including phenoxy) is 2. The number of cyclic esters (lactones) is 1. The Morgan fingerprint density at radius 2 is 2.13 bits per heavy atom. The van der Waals surface area contributed by atoms with Crippen molar-refractivity contribution in [3.8, 4) is 0 Å². The van der Waals surface area contributed by atoms with Crippen LogP contribution in [0.5, 0.6) is 0 Å². The van der Waals surface area contributed by atoms with E-state index in [1.165, 1.54) is 5.57 Å². The number of rotatable bonds is 6. The molecule has 0 saturated carbocycles. The van der Waals surface area contributed by atoms with E-state index in [2.05, 4.69) is 32.1 Å².